The van der Waals surface area contributed by atoms with E-state index in [-0.39, 0.29) is 0 Å². The van der Waals surface area contributed by atoms with Crippen LogP contribution in [0.4, 0.5) is 0 Å². The summed E-state index contributed by atoms with van der Waals surface area (Å²) in [6.45, 7) is 8.21. The van der Waals surface area contributed by atoms with Gasteiger partial charge in [-0.1, -0.05) is 0 Å². The molecule has 110 valence electrons. The van der Waals surface area contributed by atoms with E-state index in [9.17, 15) is 4.79 Å². The molecule has 0 aliphatic carbocycles. The van der Waals surface area contributed by atoms with Gasteiger partial charge in [-0.15, -0.1) is 0 Å². The molecule has 0 saturated carbocycles. The minimum Gasteiger partial charge on any atom is -0.368 e. The van der Waals surface area contributed by atoms with Crippen LogP contribution in [-0.4, -0.2) is 60.5 Å². The number of likely N-dealkylation sites (tertiary alicyclic amines) is 2. The maximum atomic E-state index is 11.3. The lowest BCUT2D eigenvalue weighted by molar-refractivity contribution is -0.123. The van der Waals surface area contributed by atoms with Gasteiger partial charge in [-0.3, -0.25) is 4.79 Å². The monoisotopic (exact) mass is 268 g/mol. The molecular weight excluding hydrogens is 240 g/mol. The van der Waals surface area contributed by atoms with Gasteiger partial charge >= 0.3 is 0 Å². The summed E-state index contributed by atoms with van der Waals surface area (Å²) in [5.41, 5.74) is 10.4. The van der Waals surface area contributed by atoms with Gasteiger partial charge in [0.15, 0.2) is 0 Å². The summed E-state index contributed by atoms with van der Waals surface area (Å²) < 4.78 is 0. The zero-order valence-electron chi connectivity index (χ0n) is 12.1. The van der Waals surface area contributed by atoms with Crippen LogP contribution in [0.5, 0.6) is 0 Å². The highest BCUT2D eigenvalue weighted by atomic mass is 16.1. The number of nitrogens with two attached hydrogens (primary N) is 2. The number of primary amides is 1. The smallest absolute Gasteiger partial charge is 0.238 e. The van der Waals surface area contributed by atoms with Crippen molar-refractivity contribution in [3.8, 4) is 0 Å². The second-order valence-electron chi connectivity index (χ2n) is 6.51. The Morgan fingerprint density at radius 2 is 1.74 bits per heavy atom. The molecule has 4 N–H and O–H groups in total. The first-order valence-corrected chi connectivity index (χ1v) is 7.51. The zero-order valence-corrected chi connectivity index (χ0v) is 12.1. The van der Waals surface area contributed by atoms with E-state index in [4.69, 9.17) is 11.5 Å². The molecule has 1 unspecified atom stereocenters. The number of rotatable bonds is 5. The van der Waals surface area contributed by atoms with Gasteiger partial charge in [-0.25, -0.2) is 0 Å². The van der Waals surface area contributed by atoms with Gasteiger partial charge in [0, 0.05) is 13.1 Å². The van der Waals surface area contributed by atoms with Crippen LogP contribution >= 0.6 is 0 Å². The first-order valence-electron chi connectivity index (χ1n) is 7.51. The van der Waals surface area contributed by atoms with Crippen molar-refractivity contribution in [1.29, 1.82) is 0 Å². The summed E-state index contributed by atoms with van der Waals surface area (Å²) in [4.78, 5) is 16.1. The predicted molar refractivity (Wildman–Crippen MR) is 76.6 cm³/mol. The summed E-state index contributed by atoms with van der Waals surface area (Å²) >= 11 is 0. The van der Waals surface area contributed by atoms with Crippen LogP contribution in [0.15, 0.2) is 0 Å². The van der Waals surface area contributed by atoms with E-state index < -0.39 is 11.4 Å². The quantitative estimate of drug-likeness (QED) is 0.736. The maximum absolute atomic E-state index is 11.3. The van der Waals surface area contributed by atoms with Crippen molar-refractivity contribution in [1.82, 2.24) is 9.80 Å². The molecule has 0 aromatic heterocycles. The van der Waals surface area contributed by atoms with E-state index in [0.717, 1.165) is 19.0 Å². The Morgan fingerprint density at radius 1 is 1.16 bits per heavy atom. The van der Waals surface area contributed by atoms with Crippen LogP contribution in [0.2, 0.25) is 0 Å². The Labute approximate surface area is 116 Å². The summed E-state index contributed by atoms with van der Waals surface area (Å²) in [5.74, 6) is 0.402. The highest BCUT2D eigenvalue weighted by molar-refractivity contribution is 5.84. The number of nitrogens with zero attached hydrogens (tertiary/aromatic N) is 2. The molecule has 2 heterocycles. The van der Waals surface area contributed by atoms with Gasteiger partial charge in [0.1, 0.15) is 5.54 Å². The van der Waals surface area contributed by atoms with Gasteiger partial charge in [-0.05, 0) is 64.7 Å². The molecule has 2 saturated heterocycles. The van der Waals surface area contributed by atoms with Gasteiger partial charge in [0.05, 0.1) is 0 Å². The van der Waals surface area contributed by atoms with Crippen LogP contribution < -0.4 is 11.5 Å². The molecule has 0 aromatic rings. The molecule has 5 heteroatoms. The highest BCUT2D eigenvalue weighted by Gasteiger charge is 2.31. The third-order valence-corrected chi connectivity index (χ3v) is 4.54. The van der Waals surface area contributed by atoms with Gasteiger partial charge < -0.3 is 21.3 Å². The number of piperidine rings is 1. The normalized spacial score (nSPS) is 26.4. The fourth-order valence-electron chi connectivity index (χ4n) is 3.20. The van der Waals surface area contributed by atoms with Gasteiger partial charge in [0.2, 0.25) is 5.91 Å². The first-order chi connectivity index (χ1) is 8.97. The van der Waals surface area contributed by atoms with Crippen molar-refractivity contribution in [3.05, 3.63) is 0 Å². The maximum Gasteiger partial charge on any atom is 0.238 e. The van der Waals surface area contributed by atoms with Crippen LogP contribution in [0.25, 0.3) is 0 Å². The Hall–Kier alpha value is -0.650. The van der Waals surface area contributed by atoms with Crippen molar-refractivity contribution in [2.75, 3.05) is 39.3 Å². The molecule has 1 atom stereocenters. The lowest BCUT2D eigenvalue weighted by atomic mass is 9.94. The summed E-state index contributed by atoms with van der Waals surface area (Å²) in [5, 5.41) is 0. The summed E-state index contributed by atoms with van der Waals surface area (Å²) in [6.07, 6.45) is 5.16. The molecule has 19 heavy (non-hydrogen) atoms. The molecule has 0 radical (unpaired) electrons. The first kappa shape index (κ1) is 14.8. The van der Waals surface area contributed by atoms with E-state index >= 15 is 0 Å². The largest absolute Gasteiger partial charge is 0.368 e. The van der Waals surface area contributed by atoms with E-state index in [1.165, 1.54) is 45.3 Å². The summed E-state index contributed by atoms with van der Waals surface area (Å²) in [6, 6.07) is 0. The third kappa shape index (κ3) is 4.16. The lowest BCUT2D eigenvalue weighted by Crippen LogP contribution is -2.57. The third-order valence-electron chi connectivity index (χ3n) is 4.54. The second-order valence-corrected chi connectivity index (χ2v) is 6.51. The molecule has 2 rings (SSSR count). The van der Waals surface area contributed by atoms with Gasteiger partial charge in [0.25, 0.3) is 0 Å². The van der Waals surface area contributed by atoms with Crippen molar-refractivity contribution < 1.29 is 4.79 Å². The van der Waals surface area contributed by atoms with E-state index in [2.05, 4.69) is 9.80 Å². The van der Waals surface area contributed by atoms with Crippen LogP contribution in [0.3, 0.4) is 0 Å². The second kappa shape index (κ2) is 6.20. The Bertz CT molecular complexity index is 305. The number of hydrogen-bond acceptors (Lipinski definition) is 4. The lowest BCUT2D eigenvalue weighted by Gasteiger charge is -2.37. The van der Waals surface area contributed by atoms with Crippen molar-refractivity contribution in [3.63, 3.8) is 0 Å². The molecular formula is C14H28N4O. The van der Waals surface area contributed by atoms with Crippen LogP contribution in [0.1, 0.15) is 32.6 Å². The SMILES string of the molecule is CC(N)(CN1CCC(CN2CCCC2)CC1)C(N)=O. The molecule has 0 bridgehead atoms. The van der Waals surface area contributed by atoms with Crippen LogP contribution in [0, 0.1) is 5.92 Å². The standard InChI is InChI=1S/C14H28N4O/c1-14(16,13(15)19)11-18-8-4-12(5-9-18)10-17-6-2-3-7-17/h12H,2-11,16H2,1H3,(H2,15,19). The fraction of sp³-hybridized carbons (Fsp3) is 0.929. The molecule has 2 aliphatic heterocycles. The van der Waals surface area contributed by atoms with Crippen molar-refractivity contribution in [2.45, 2.75) is 38.1 Å². The number of carbonyl (C=O) groups excluding carboxylic acids is 1. The van der Waals surface area contributed by atoms with E-state index in [1.807, 2.05) is 0 Å². The molecule has 0 spiro atoms. The number of amides is 1. The molecule has 5 nitrogen and oxygen atoms in total. The van der Waals surface area contributed by atoms with E-state index in [0.29, 0.717) is 6.54 Å². The number of hydrogen-bond donors (Lipinski definition) is 2. The highest BCUT2D eigenvalue weighted by Crippen LogP contribution is 2.21. The molecule has 0 aromatic carbocycles. The van der Waals surface area contributed by atoms with Gasteiger partial charge in [-0.2, -0.15) is 0 Å². The average molecular weight is 268 g/mol. The minimum absolute atomic E-state index is 0.410. The molecule has 2 fully saturated rings. The topological polar surface area (TPSA) is 75.6 Å². The Balaban J connectivity index is 1.71. The molecule has 2 aliphatic rings. The van der Waals surface area contributed by atoms with Crippen molar-refractivity contribution >= 4 is 5.91 Å². The fourth-order valence-corrected chi connectivity index (χ4v) is 3.20. The number of carbonyl (C=O) groups is 1. The zero-order chi connectivity index (χ0) is 13.9. The Morgan fingerprint density at radius 3 is 2.26 bits per heavy atom. The Kier molecular flexibility index (Phi) is 4.81. The molecule has 1 amide bonds. The van der Waals surface area contributed by atoms with Crippen molar-refractivity contribution in [2.24, 2.45) is 17.4 Å². The van der Waals surface area contributed by atoms with E-state index in [1.54, 1.807) is 6.92 Å². The predicted octanol–water partition coefficient (Wildman–Crippen LogP) is -0.00310. The van der Waals surface area contributed by atoms with Crippen LogP contribution in [-0.2, 0) is 4.79 Å². The minimum atomic E-state index is -0.901. The average Bonchev–Trinajstić information content (AvgIpc) is 2.84. The summed E-state index contributed by atoms with van der Waals surface area (Å²) in [7, 11) is 0.